The van der Waals surface area contributed by atoms with Crippen molar-refractivity contribution >= 4 is 29.3 Å². The molecule has 0 aliphatic carbocycles. The third kappa shape index (κ3) is 5.98. The summed E-state index contributed by atoms with van der Waals surface area (Å²) in [5.41, 5.74) is 1.84. The molecule has 0 fully saturated rings. The van der Waals surface area contributed by atoms with Gasteiger partial charge in [-0.1, -0.05) is 30.3 Å². The fourth-order valence-corrected chi connectivity index (χ4v) is 3.38. The van der Waals surface area contributed by atoms with E-state index < -0.39 is 0 Å². The molecule has 6 nitrogen and oxygen atoms in total. The summed E-state index contributed by atoms with van der Waals surface area (Å²) in [4.78, 5) is 26.4. The Morgan fingerprint density at radius 1 is 1.09 bits per heavy atom. The molecule has 2 amide bonds. The molecule has 3 aromatic carbocycles. The number of nitrogens with one attached hydrogen (secondary N) is 1. The Bertz CT molecular complexity index is 1150. The Morgan fingerprint density at radius 3 is 2.67 bits per heavy atom. The minimum Gasteiger partial charge on any atom is -0.494 e. The lowest BCUT2D eigenvalue weighted by molar-refractivity contribution is -0.121. The molecule has 0 saturated carbocycles. The summed E-state index contributed by atoms with van der Waals surface area (Å²) < 4.78 is 24.2. The second-order valence-corrected chi connectivity index (χ2v) is 7.41. The molecule has 0 saturated heterocycles. The Morgan fingerprint density at radius 2 is 1.88 bits per heavy atom. The first-order valence-corrected chi connectivity index (χ1v) is 10.6. The van der Waals surface area contributed by atoms with Crippen molar-refractivity contribution in [1.29, 1.82) is 0 Å². The van der Waals surface area contributed by atoms with Crippen LogP contribution in [0.5, 0.6) is 11.5 Å². The largest absolute Gasteiger partial charge is 0.494 e. The van der Waals surface area contributed by atoms with Gasteiger partial charge in [0.05, 0.1) is 12.3 Å². The Kier molecular flexibility index (Phi) is 6.99. The van der Waals surface area contributed by atoms with Crippen LogP contribution in [0.3, 0.4) is 0 Å². The molecule has 3 aromatic rings. The summed E-state index contributed by atoms with van der Waals surface area (Å²) in [6.45, 7) is 0.900. The van der Waals surface area contributed by atoms with Crippen LogP contribution < -0.4 is 19.7 Å². The maximum Gasteiger partial charge on any atom is 0.265 e. The number of benzene rings is 3. The minimum atomic E-state index is -0.342. The van der Waals surface area contributed by atoms with Gasteiger partial charge in [0.25, 0.3) is 5.91 Å². The van der Waals surface area contributed by atoms with Crippen molar-refractivity contribution in [2.24, 2.45) is 0 Å². The van der Waals surface area contributed by atoms with Gasteiger partial charge in [0, 0.05) is 18.3 Å². The maximum absolute atomic E-state index is 13.0. The van der Waals surface area contributed by atoms with Gasteiger partial charge in [0.1, 0.15) is 17.3 Å². The zero-order valence-electron chi connectivity index (χ0n) is 17.9. The number of hydrogen-bond donors (Lipinski definition) is 1. The van der Waals surface area contributed by atoms with Crippen LogP contribution in [0, 0.1) is 5.82 Å². The van der Waals surface area contributed by atoms with Gasteiger partial charge in [-0.2, -0.15) is 0 Å². The molecule has 4 rings (SSSR count). The number of carbonyl (C=O) groups is 2. The highest BCUT2D eigenvalue weighted by Crippen LogP contribution is 2.34. The van der Waals surface area contributed by atoms with E-state index in [0.29, 0.717) is 42.3 Å². The van der Waals surface area contributed by atoms with Gasteiger partial charge in [0.2, 0.25) is 5.91 Å². The number of rotatable bonds is 8. The van der Waals surface area contributed by atoms with Crippen LogP contribution in [0.15, 0.2) is 78.9 Å². The van der Waals surface area contributed by atoms with Crippen LogP contribution in [0.2, 0.25) is 0 Å². The second kappa shape index (κ2) is 10.5. The summed E-state index contributed by atoms with van der Waals surface area (Å²) >= 11 is 0. The van der Waals surface area contributed by atoms with E-state index in [4.69, 9.17) is 9.47 Å². The molecule has 0 atom stereocenters. The highest BCUT2D eigenvalue weighted by molar-refractivity contribution is 6.03. The lowest BCUT2D eigenvalue weighted by atomic mass is 10.2. The molecule has 0 unspecified atom stereocenters. The number of halogens is 1. The topological polar surface area (TPSA) is 67.9 Å². The van der Waals surface area contributed by atoms with Crippen LogP contribution in [0.4, 0.5) is 15.8 Å². The standard InChI is InChI=1S/C26H23FN2O4/c27-20-10-7-19(8-11-20)9-14-25(30)28-21-12-13-24-23(17-21)29(26(31)18-33-24)15-4-16-32-22-5-2-1-3-6-22/h1-3,5-14,17H,4,15-16,18H2,(H,28,30)/b14-9+. The SMILES string of the molecule is O=C(/C=C/c1ccc(F)cc1)Nc1ccc2c(c1)N(CCCOc1ccccc1)C(=O)CO2. The summed E-state index contributed by atoms with van der Waals surface area (Å²) in [6, 6.07) is 20.5. The molecule has 1 heterocycles. The molecule has 0 radical (unpaired) electrons. The second-order valence-electron chi connectivity index (χ2n) is 7.41. The molecule has 7 heteroatoms. The first-order chi connectivity index (χ1) is 16.1. The smallest absolute Gasteiger partial charge is 0.265 e. The van der Waals surface area contributed by atoms with Gasteiger partial charge < -0.3 is 19.7 Å². The number of para-hydroxylation sites is 1. The first-order valence-electron chi connectivity index (χ1n) is 10.6. The van der Waals surface area contributed by atoms with E-state index in [2.05, 4.69) is 5.32 Å². The van der Waals surface area contributed by atoms with Gasteiger partial charge in [-0.05, 0) is 60.5 Å². The Hall–Kier alpha value is -4.13. The van der Waals surface area contributed by atoms with E-state index in [9.17, 15) is 14.0 Å². The summed E-state index contributed by atoms with van der Waals surface area (Å²) in [5.74, 6) is 0.536. The van der Waals surface area contributed by atoms with Crippen molar-refractivity contribution in [2.45, 2.75) is 6.42 Å². The number of fused-ring (bicyclic) bond motifs is 1. The predicted octanol–water partition coefficient (Wildman–Crippen LogP) is 4.67. The Balaban J connectivity index is 1.38. The van der Waals surface area contributed by atoms with Crippen molar-refractivity contribution in [2.75, 3.05) is 30.0 Å². The normalized spacial score (nSPS) is 12.9. The molecule has 1 aliphatic rings. The first kappa shape index (κ1) is 22.1. The fraction of sp³-hybridized carbons (Fsp3) is 0.154. The summed E-state index contributed by atoms with van der Waals surface area (Å²) in [7, 11) is 0. The number of carbonyl (C=O) groups excluding carboxylic acids is 2. The van der Waals surface area contributed by atoms with E-state index in [-0.39, 0.29) is 24.2 Å². The van der Waals surface area contributed by atoms with Crippen molar-refractivity contribution in [3.63, 3.8) is 0 Å². The van der Waals surface area contributed by atoms with E-state index in [0.717, 1.165) is 5.75 Å². The average Bonchev–Trinajstić information content (AvgIpc) is 2.83. The number of amides is 2. The zero-order valence-corrected chi connectivity index (χ0v) is 17.9. The highest BCUT2D eigenvalue weighted by Gasteiger charge is 2.25. The third-order valence-corrected chi connectivity index (χ3v) is 5.00. The van der Waals surface area contributed by atoms with Gasteiger partial charge in [-0.15, -0.1) is 0 Å². The van der Waals surface area contributed by atoms with Gasteiger partial charge in [-0.25, -0.2) is 4.39 Å². The van der Waals surface area contributed by atoms with Crippen molar-refractivity contribution in [3.05, 3.63) is 90.3 Å². The van der Waals surface area contributed by atoms with E-state index in [1.54, 1.807) is 41.3 Å². The van der Waals surface area contributed by atoms with Crippen molar-refractivity contribution in [3.8, 4) is 11.5 Å². The molecule has 1 aliphatic heterocycles. The quantitative estimate of drug-likeness (QED) is 0.403. The fourth-order valence-electron chi connectivity index (χ4n) is 3.38. The van der Waals surface area contributed by atoms with E-state index in [1.807, 2.05) is 30.3 Å². The molecular formula is C26H23FN2O4. The molecule has 0 spiro atoms. The third-order valence-electron chi connectivity index (χ3n) is 5.00. The van der Waals surface area contributed by atoms with Crippen LogP contribution in [-0.2, 0) is 9.59 Å². The van der Waals surface area contributed by atoms with Gasteiger partial charge in [0.15, 0.2) is 6.61 Å². The molecular weight excluding hydrogens is 423 g/mol. The monoisotopic (exact) mass is 446 g/mol. The molecule has 0 aromatic heterocycles. The zero-order chi connectivity index (χ0) is 23.0. The van der Waals surface area contributed by atoms with Gasteiger partial charge in [-0.3, -0.25) is 9.59 Å². The molecule has 0 bridgehead atoms. The summed E-state index contributed by atoms with van der Waals surface area (Å²) in [6.07, 6.45) is 3.60. The lowest BCUT2D eigenvalue weighted by Gasteiger charge is -2.29. The molecule has 1 N–H and O–H groups in total. The molecule has 33 heavy (non-hydrogen) atoms. The average molecular weight is 446 g/mol. The number of nitrogens with zero attached hydrogens (tertiary/aromatic N) is 1. The number of anilines is 2. The minimum absolute atomic E-state index is 0.0291. The molecule has 168 valence electrons. The van der Waals surface area contributed by atoms with Crippen LogP contribution >= 0.6 is 0 Å². The van der Waals surface area contributed by atoms with E-state index in [1.165, 1.54) is 18.2 Å². The van der Waals surface area contributed by atoms with E-state index >= 15 is 0 Å². The Labute approximate surface area is 191 Å². The van der Waals surface area contributed by atoms with Gasteiger partial charge >= 0.3 is 0 Å². The summed E-state index contributed by atoms with van der Waals surface area (Å²) in [5, 5.41) is 2.78. The van der Waals surface area contributed by atoms with Crippen LogP contribution in [0.25, 0.3) is 6.08 Å². The van der Waals surface area contributed by atoms with Crippen LogP contribution in [-0.4, -0.2) is 31.6 Å². The number of hydrogen-bond acceptors (Lipinski definition) is 4. The highest BCUT2D eigenvalue weighted by atomic mass is 19.1. The predicted molar refractivity (Wildman–Crippen MR) is 125 cm³/mol. The lowest BCUT2D eigenvalue weighted by Crippen LogP contribution is -2.39. The van der Waals surface area contributed by atoms with Crippen LogP contribution in [0.1, 0.15) is 12.0 Å². The van der Waals surface area contributed by atoms with Crippen molar-refractivity contribution < 1.29 is 23.5 Å². The maximum atomic E-state index is 13.0. The number of ether oxygens (including phenoxy) is 2. The van der Waals surface area contributed by atoms with Crippen molar-refractivity contribution in [1.82, 2.24) is 0 Å².